The Bertz CT molecular complexity index is 1070. The lowest BCUT2D eigenvalue weighted by atomic mass is 9.96. The van der Waals surface area contributed by atoms with Crippen molar-refractivity contribution in [3.05, 3.63) is 70.8 Å². The van der Waals surface area contributed by atoms with Crippen molar-refractivity contribution in [1.82, 2.24) is 0 Å². The van der Waals surface area contributed by atoms with Crippen molar-refractivity contribution in [1.29, 1.82) is 0 Å². The molecule has 9 heteroatoms. The Morgan fingerprint density at radius 3 is 1.20 bits per heavy atom. The van der Waals surface area contributed by atoms with E-state index in [-0.39, 0.29) is 0 Å². The summed E-state index contributed by atoms with van der Waals surface area (Å²) in [5, 5.41) is 0. The second-order valence-corrected chi connectivity index (χ2v) is 13.1. The molecule has 0 bridgehead atoms. The monoisotopic (exact) mass is 614 g/mol. The molecule has 2 aromatic carbocycles. The van der Waals surface area contributed by atoms with Gasteiger partial charge in [0, 0.05) is 10.8 Å². The van der Waals surface area contributed by atoms with Gasteiger partial charge in [-0.05, 0) is 61.1 Å². The molecule has 44 heavy (non-hydrogen) atoms. The van der Waals surface area contributed by atoms with Crippen molar-refractivity contribution in [3.63, 3.8) is 0 Å². The third kappa shape index (κ3) is 13.1. The highest BCUT2D eigenvalue weighted by molar-refractivity contribution is 5.89. The van der Waals surface area contributed by atoms with Crippen LogP contribution in [-0.4, -0.2) is 30.7 Å². The molecule has 0 aliphatic carbocycles. The van der Waals surface area contributed by atoms with E-state index in [1.165, 1.54) is 0 Å². The van der Waals surface area contributed by atoms with Crippen LogP contribution in [0.3, 0.4) is 0 Å². The van der Waals surface area contributed by atoms with E-state index in [1.54, 1.807) is 65.8 Å². The first-order valence-corrected chi connectivity index (χ1v) is 15.5. The zero-order chi connectivity index (χ0) is 32.8. The maximum Gasteiger partial charge on any atom is 0.513 e. The molecule has 0 radical (unpaired) electrons. The summed E-state index contributed by atoms with van der Waals surface area (Å²) in [4.78, 5) is 58.6. The molecular weight excluding hydrogens is 564 g/mol. The number of aryl methyl sites for hydroxylation is 2. The number of hydrogen-bond acceptors (Lipinski definition) is 9. The molecule has 0 saturated carbocycles. The molecule has 2 unspecified atom stereocenters. The zero-order valence-electron chi connectivity index (χ0n) is 27.6. The average Bonchev–Trinajstić information content (AvgIpc) is 2.97. The van der Waals surface area contributed by atoms with Crippen molar-refractivity contribution in [2.24, 2.45) is 10.8 Å². The first-order chi connectivity index (χ1) is 20.7. The Kier molecular flexibility index (Phi) is 14.8. The van der Waals surface area contributed by atoms with Gasteiger partial charge in [0.25, 0.3) is 12.6 Å². The molecule has 2 atom stereocenters. The molecule has 0 heterocycles. The molecule has 0 aliphatic rings. The number of carbonyl (C=O) groups is 3. The third-order valence-electron chi connectivity index (χ3n) is 6.76. The van der Waals surface area contributed by atoms with Crippen molar-refractivity contribution >= 4 is 18.1 Å². The van der Waals surface area contributed by atoms with Crippen LogP contribution in [0.1, 0.15) is 126 Å². The Hall–Kier alpha value is -3.43. The highest BCUT2D eigenvalue weighted by Gasteiger charge is 2.37. The van der Waals surface area contributed by atoms with E-state index in [2.05, 4.69) is 13.8 Å². The minimum Gasteiger partial charge on any atom is -0.400 e. The second-order valence-electron chi connectivity index (χ2n) is 13.1. The molecule has 0 spiro atoms. The number of benzene rings is 2. The molecule has 0 amide bonds. The van der Waals surface area contributed by atoms with Gasteiger partial charge in [0.05, 0.1) is 11.1 Å². The van der Waals surface area contributed by atoms with Gasteiger partial charge < -0.3 is 9.47 Å². The van der Waals surface area contributed by atoms with Crippen LogP contribution >= 0.6 is 0 Å². The Morgan fingerprint density at radius 2 is 0.909 bits per heavy atom. The molecule has 2 aromatic rings. The van der Waals surface area contributed by atoms with Crippen LogP contribution < -0.4 is 0 Å². The summed E-state index contributed by atoms with van der Waals surface area (Å²) in [6.07, 6.45) is 4.82. The maximum absolute atomic E-state index is 12.8. The predicted molar refractivity (Wildman–Crippen MR) is 166 cm³/mol. The van der Waals surface area contributed by atoms with Gasteiger partial charge in [0.1, 0.15) is 0 Å². The average molecular weight is 615 g/mol. The van der Waals surface area contributed by atoms with Crippen LogP contribution in [0.2, 0.25) is 0 Å². The summed E-state index contributed by atoms with van der Waals surface area (Å²) >= 11 is 0. The van der Waals surface area contributed by atoms with Crippen molar-refractivity contribution in [2.45, 2.75) is 119 Å². The second kappa shape index (κ2) is 17.8. The van der Waals surface area contributed by atoms with E-state index in [9.17, 15) is 14.4 Å². The lowest BCUT2D eigenvalue weighted by Gasteiger charge is -2.30. The summed E-state index contributed by atoms with van der Waals surface area (Å²) in [5.74, 6) is -1.46. The number of hydrogen-bond donors (Lipinski definition) is 0. The van der Waals surface area contributed by atoms with Crippen LogP contribution in [0.15, 0.2) is 48.5 Å². The number of carbonyl (C=O) groups excluding carboxylic acids is 3. The fourth-order valence-corrected chi connectivity index (χ4v) is 3.93. The molecule has 0 N–H and O–H groups in total. The van der Waals surface area contributed by atoms with E-state index < -0.39 is 41.5 Å². The smallest absolute Gasteiger partial charge is 0.400 e. The van der Waals surface area contributed by atoms with E-state index >= 15 is 0 Å². The van der Waals surface area contributed by atoms with Crippen LogP contribution in [0.5, 0.6) is 0 Å². The zero-order valence-corrected chi connectivity index (χ0v) is 27.6. The van der Waals surface area contributed by atoms with Crippen LogP contribution in [0, 0.1) is 10.8 Å². The van der Waals surface area contributed by atoms with Crippen LogP contribution in [-0.2, 0) is 41.9 Å². The Balaban J connectivity index is 1.94. The van der Waals surface area contributed by atoms with Gasteiger partial charge in [0.2, 0.25) is 0 Å². The maximum atomic E-state index is 12.8. The van der Waals surface area contributed by atoms with Gasteiger partial charge in [-0.15, -0.1) is 9.78 Å². The first-order valence-electron chi connectivity index (χ1n) is 15.5. The summed E-state index contributed by atoms with van der Waals surface area (Å²) in [6.45, 7) is 14.7. The van der Waals surface area contributed by atoms with Gasteiger partial charge in [-0.1, -0.05) is 105 Å². The lowest BCUT2D eigenvalue weighted by molar-refractivity contribution is -0.371. The molecule has 9 nitrogen and oxygen atoms in total. The minimum atomic E-state index is -1.31. The summed E-state index contributed by atoms with van der Waals surface area (Å²) < 4.78 is 10.7. The Morgan fingerprint density at radius 1 is 0.568 bits per heavy atom. The first kappa shape index (κ1) is 36.8. The molecule has 0 fully saturated rings. The van der Waals surface area contributed by atoms with Crippen molar-refractivity contribution < 1.29 is 43.4 Å². The topological polar surface area (TPSA) is 107 Å². The summed E-state index contributed by atoms with van der Waals surface area (Å²) in [7, 11) is 0. The molecular formula is C35H50O9. The van der Waals surface area contributed by atoms with E-state index in [4.69, 9.17) is 29.0 Å². The van der Waals surface area contributed by atoms with Crippen LogP contribution in [0.4, 0.5) is 4.79 Å². The van der Waals surface area contributed by atoms with Gasteiger partial charge in [0.15, 0.2) is 0 Å². The Labute approximate surface area is 262 Å². The largest absolute Gasteiger partial charge is 0.513 e. The number of unbranched alkanes of at least 4 members (excludes halogenated alkanes) is 4. The molecule has 244 valence electrons. The van der Waals surface area contributed by atoms with E-state index in [0.717, 1.165) is 62.5 Å². The number of ether oxygens (including phenoxy) is 2. The lowest BCUT2D eigenvalue weighted by Crippen LogP contribution is -2.39. The molecule has 0 saturated heterocycles. The van der Waals surface area contributed by atoms with E-state index in [1.807, 2.05) is 24.3 Å². The van der Waals surface area contributed by atoms with Crippen LogP contribution in [0.25, 0.3) is 0 Å². The fourth-order valence-electron chi connectivity index (χ4n) is 3.93. The highest BCUT2D eigenvalue weighted by atomic mass is 17.2. The summed E-state index contributed by atoms with van der Waals surface area (Å²) in [5.41, 5.74) is 1.27. The minimum absolute atomic E-state index is 0.300. The predicted octanol–water partition coefficient (Wildman–Crippen LogP) is 8.93. The van der Waals surface area contributed by atoms with Crippen molar-refractivity contribution in [2.75, 3.05) is 0 Å². The van der Waals surface area contributed by atoms with Gasteiger partial charge in [-0.2, -0.15) is 0 Å². The summed E-state index contributed by atoms with van der Waals surface area (Å²) in [6, 6.07) is 14.2. The van der Waals surface area contributed by atoms with Gasteiger partial charge in [-0.25, -0.2) is 14.4 Å². The molecule has 0 aromatic heterocycles. The SMILES string of the molecule is CCCCCc1ccc(C(=O)OOC(OC(=O)OC(OOC(=O)c2ccc(CCCCC)cc2)C(C)(C)C)C(C)(C)C)cc1. The molecule has 2 rings (SSSR count). The third-order valence-corrected chi connectivity index (χ3v) is 6.76. The van der Waals surface area contributed by atoms with Gasteiger partial charge >= 0.3 is 18.1 Å². The molecule has 0 aliphatic heterocycles. The normalized spacial score (nSPS) is 13.1. The quantitative estimate of drug-likeness (QED) is 0.0602. The fraction of sp³-hybridized carbons (Fsp3) is 0.571. The number of rotatable bonds is 16. The van der Waals surface area contributed by atoms with Crippen molar-refractivity contribution in [3.8, 4) is 0 Å². The van der Waals surface area contributed by atoms with E-state index in [0.29, 0.717) is 11.1 Å². The van der Waals surface area contributed by atoms with Gasteiger partial charge in [-0.3, -0.25) is 9.78 Å². The standard InChI is InChI=1S/C35H50O9/c1-9-11-13-15-25-17-21-27(22-18-25)29(36)41-43-31(34(3,4)5)39-33(38)40-32(35(6,7)8)44-42-30(37)28-23-19-26(20-24-28)16-14-12-10-2/h17-24,31-32H,9-16H2,1-8H3. The highest BCUT2D eigenvalue weighted by Crippen LogP contribution is 2.28.